The van der Waals surface area contributed by atoms with E-state index in [-0.39, 0.29) is 24.0 Å². The molecule has 156 valence electrons. The van der Waals surface area contributed by atoms with Gasteiger partial charge in [-0.1, -0.05) is 44.4 Å². The zero-order chi connectivity index (χ0) is 20.6. The van der Waals surface area contributed by atoms with Crippen LogP contribution in [0.4, 0.5) is 5.82 Å². The van der Waals surface area contributed by atoms with Crippen molar-refractivity contribution in [3.63, 3.8) is 0 Å². The smallest absolute Gasteiger partial charge is 0.343 e. The van der Waals surface area contributed by atoms with Gasteiger partial charge in [-0.05, 0) is 50.7 Å². The molecule has 1 aliphatic carbocycles. The van der Waals surface area contributed by atoms with E-state index in [4.69, 9.17) is 4.74 Å². The second-order valence-corrected chi connectivity index (χ2v) is 7.72. The molecule has 3 rings (SSSR count). The number of benzene rings is 1. The summed E-state index contributed by atoms with van der Waals surface area (Å²) in [6, 6.07) is 9.47. The molecule has 1 aromatic heterocycles. The van der Waals surface area contributed by atoms with Crippen molar-refractivity contribution >= 4 is 17.7 Å². The van der Waals surface area contributed by atoms with Crippen molar-refractivity contribution < 1.29 is 14.3 Å². The van der Waals surface area contributed by atoms with Gasteiger partial charge in [-0.3, -0.25) is 4.79 Å². The molecule has 0 aliphatic heterocycles. The number of rotatable bonds is 8. The zero-order valence-corrected chi connectivity index (χ0v) is 17.4. The summed E-state index contributed by atoms with van der Waals surface area (Å²) < 4.78 is 6.75. The Bertz CT molecular complexity index is 808. The summed E-state index contributed by atoms with van der Waals surface area (Å²) >= 11 is 0. The molecule has 6 heteroatoms. The monoisotopic (exact) mass is 397 g/mol. The summed E-state index contributed by atoms with van der Waals surface area (Å²) in [5.41, 5.74) is 1.06. The van der Waals surface area contributed by atoms with Crippen molar-refractivity contribution in [2.75, 3.05) is 11.9 Å². The van der Waals surface area contributed by atoms with Crippen LogP contribution < -0.4 is 5.32 Å². The SMILES string of the molecule is CCCCC1CCC(C(=O)Nc2c(C(=O)OCC)cnn2-c2ccccc2)CC1. The molecule has 2 aromatic rings. The molecule has 29 heavy (non-hydrogen) atoms. The lowest BCUT2D eigenvalue weighted by Gasteiger charge is -2.27. The second-order valence-electron chi connectivity index (χ2n) is 7.72. The first-order chi connectivity index (χ1) is 14.1. The number of unbranched alkanes of at least 4 members (excludes halogenated alkanes) is 1. The van der Waals surface area contributed by atoms with Gasteiger partial charge >= 0.3 is 5.97 Å². The summed E-state index contributed by atoms with van der Waals surface area (Å²) in [6.45, 7) is 4.25. The Balaban J connectivity index is 1.76. The van der Waals surface area contributed by atoms with Crippen LogP contribution >= 0.6 is 0 Å². The molecule has 0 bridgehead atoms. The molecule has 1 amide bonds. The Morgan fingerprint density at radius 3 is 2.52 bits per heavy atom. The second kappa shape index (κ2) is 10.2. The van der Waals surface area contributed by atoms with E-state index in [1.807, 2.05) is 30.3 Å². The standard InChI is InChI=1S/C23H31N3O3/c1-3-5-9-17-12-14-18(15-13-17)22(27)25-21-20(23(28)29-4-2)16-24-26(21)19-10-7-6-8-11-19/h6-8,10-11,16-18H,3-5,9,12-15H2,1-2H3,(H,25,27). The zero-order valence-electron chi connectivity index (χ0n) is 17.4. The fourth-order valence-electron chi connectivity index (χ4n) is 4.02. The number of ether oxygens (including phenoxy) is 1. The predicted octanol–water partition coefficient (Wildman–Crippen LogP) is 4.98. The van der Waals surface area contributed by atoms with Gasteiger partial charge in [0.25, 0.3) is 0 Å². The lowest BCUT2D eigenvalue weighted by atomic mass is 9.79. The normalized spacial score (nSPS) is 19.0. The molecule has 0 radical (unpaired) electrons. The van der Waals surface area contributed by atoms with E-state index < -0.39 is 5.97 Å². The van der Waals surface area contributed by atoms with Crippen molar-refractivity contribution in [3.8, 4) is 5.69 Å². The van der Waals surface area contributed by atoms with Gasteiger partial charge in [0, 0.05) is 5.92 Å². The Labute approximate surface area is 172 Å². The molecule has 0 saturated heterocycles. The van der Waals surface area contributed by atoms with Crippen molar-refractivity contribution in [1.29, 1.82) is 0 Å². The van der Waals surface area contributed by atoms with Crippen molar-refractivity contribution in [3.05, 3.63) is 42.1 Å². The number of aromatic nitrogens is 2. The van der Waals surface area contributed by atoms with Gasteiger partial charge in [-0.15, -0.1) is 0 Å². The van der Waals surface area contributed by atoms with Crippen molar-refractivity contribution in [2.45, 2.75) is 58.8 Å². The minimum atomic E-state index is -0.478. The minimum Gasteiger partial charge on any atom is -0.462 e. The van der Waals surface area contributed by atoms with Crippen LogP contribution in [-0.2, 0) is 9.53 Å². The summed E-state index contributed by atoms with van der Waals surface area (Å²) in [7, 11) is 0. The van der Waals surface area contributed by atoms with Gasteiger partial charge in [-0.25, -0.2) is 9.48 Å². The molecule has 1 heterocycles. The molecule has 0 spiro atoms. The number of nitrogens with zero attached hydrogens (tertiary/aromatic N) is 2. The fraction of sp³-hybridized carbons (Fsp3) is 0.522. The lowest BCUT2D eigenvalue weighted by Crippen LogP contribution is -2.28. The molecule has 1 N–H and O–H groups in total. The third-order valence-electron chi connectivity index (χ3n) is 5.69. The van der Waals surface area contributed by atoms with E-state index >= 15 is 0 Å². The third kappa shape index (κ3) is 5.25. The maximum atomic E-state index is 13.0. The number of para-hydroxylation sites is 1. The Morgan fingerprint density at radius 1 is 1.14 bits per heavy atom. The maximum Gasteiger partial charge on any atom is 0.343 e. The highest BCUT2D eigenvalue weighted by Crippen LogP contribution is 2.33. The summed E-state index contributed by atoms with van der Waals surface area (Å²) in [4.78, 5) is 25.4. The Hall–Kier alpha value is -2.63. The van der Waals surface area contributed by atoms with Crippen molar-refractivity contribution in [2.24, 2.45) is 11.8 Å². The maximum absolute atomic E-state index is 13.0. The molecule has 1 fully saturated rings. The molecule has 1 aliphatic rings. The Kier molecular flexibility index (Phi) is 7.44. The van der Waals surface area contributed by atoms with E-state index in [1.54, 1.807) is 11.6 Å². The van der Waals surface area contributed by atoms with E-state index in [2.05, 4.69) is 17.3 Å². The third-order valence-corrected chi connectivity index (χ3v) is 5.69. The average molecular weight is 398 g/mol. The van der Waals surface area contributed by atoms with Crippen LogP contribution in [0.25, 0.3) is 5.69 Å². The fourth-order valence-corrected chi connectivity index (χ4v) is 4.02. The molecule has 0 atom stereocenters. The highest BCUT2D eigenvalue weighted by Gasteiger charge is 2.28. The first-order valence-electron chi connectivity index (χ1n) is 10.7. The number of anilines is 1. The number of nitrogens with one attached hydrogen (secondary N) is 1. The predicted molar refractivity (Wildman–Crippen MR) is 113 cm³/mol. The molecule has 6 nitrogen and oxygen atoms in total. The number of carbonyl (C=O) groups is 2. The van der Waals surface area contributed by atoms with Crippen LogP contribution in [0.5, 0.6) is 0 Å². The van der Waals surface area contributed by atoms with E-state index in [0.717, 1.165) is 37.3 Å². The topological polar surface area (TPSA) is 73.2 Å². The largest absolute Gasteiger partial charge is 0.462 e. The molecule has 0 unspecified atom stereocenters. The number of esters is 1. The first-order valence-corrected chi connectivity index (χ1v) is 10.7. The van der Waals surface area contributed by atoms with Crippen LogP contribution in [0.15, 0.2) is 36.5 Å². The van der Waals surface area contributed by atoms with Gasteiger partial charge in [0.05, 0.1) is 18.5 Å². The number of hydrogen-bond acceptors (Lipinski definition) is 4. The van der Waals surface area contributed by atoms with Crippen LogP contribution in [0.2, 0.25) is 0 Å². The van der Waals surface area contributed by atoms with E-state index in [1.165, 1.54) is 25.5 Å². The van der Waals surface area contributed by atoms with Gasteiger partial charge in [-0.2, -0.15) is 5.10 Å². The molecule has 1 saturated carbocycles. The van der Waals surface area contributed by atoms with Crippen LogP contribution in [0, 0.1) is 11.8 Å². The van der Waals surface area contributed by atoms with E-state index in [9.17, 15) is 9.59 Å². The minimum absolute atomic E-state index is 0.0259. The summed E-state index contributed by atoms with van der Waals surface area (Å²) in [6.07, 6.45) is 9.20. The number of hydrogen-bond donors (Lipinski definition) is 1. The van der Waals surface area contributed by atoms with Crippen LogP contribution in [-0.4, -0.2) is 28.3 Å². The first kappa shape index (κ1) is 21.1. The number of carbonyl (C=O) groups excluding carboxylic acids is 2. The molecular weight excluding hydrogens is 366 g/mol. The van der Waals surface area contributed by atoms with Crippen LogP contribution in [0.3, 0.4) is 0 Å². The van der Waals surface area contributed by atoms with Crippen LogP contribution in [0.1, 0.15) is 69.2 Å². The quantitative estimate of drug-likeness (QED) is 0.637. The average Bonchev–Trinajstić information content (AvgIpc) is 3.17. The van der Waals surface area contributed by atoms with E-state index in [0.29, 0.717) is 5.82 Å². The molecular formula is C23H31N3O3. The van der Waals surface area contributed by atoms with Gasteiger partial charge in [0.15, 0.2) is 5.82 Å². The Morgan fingerprint density at radius 2 is 1.86 bits per heavy atom. The highest BCUT2D eigenvalue weighted by molar-refractivity contribution is 6.01. The lowest BCUT2D eigenvalue weighted by molar-refractivity contribution is -0.121. The van der Waals surface area contributed by atoms with Gasteiger partial charge in [0.2, 0.25) is 5.91 Å². The van der Waals surface area contributed by atoms with Gasteiger partial charge < -0.3 is 10.1 Å². The molecule has 1 aromatic carbocycles. The summed E-state index contributed by atoms with van der Waals surface area (Å²) in [5.74, 6) is 0.578. The number of amides is 1. The highest BCUT2D eigenvalue weighted by atomic mass is 16.5. The van der Waals surface area contributed by atoms with Gasteiger partial charge in [0.1, 0.15) is 5.56 Å². The summed E-state index contributed by atoms with van der Waals surface area (Å²) in [5, 5.41) is 7.32. The van der Waals surface area contributed by atoms with Crippen molar-refractivity contribution in [1.82, 2.24) is 9.78 Å².